The predicted molar refractivity (Wildman–Crippen MR) is 106 cm³/mol. The van der Waals surface area contributed by atoms with Crippen LogP contribution in [0.4, 0.5) is 0 Å². The van der Waals surface area contributed by atoms with Crippen LogP contribution >= 0.6 is 50.5 Å². The van der Waals surface area contributed by atoms with E-state index in [4.69, 9.17) is 28.9 Å². The normalized spacial score (nSPS) is 10.8. The molecule has 3 rings (SSSR count). The highest BCUT2D eigenvalue weighted by atomic mass is 79.9. The van der Waals surface area contributed by atoms with Crippen molar-refractivity contribution in [3.05, 3.63) is 67.4 Å². The number of carbonyl (C=O) groups excluding carboxylic acids is 1. The van der Waals surface area contributed by atoms with Crippen LogP contribution in [-0.4, -0.2) is 5.91 Å². The van der Waals surface area contributed by atoms with E-state index in [1.54, 1.807) is 12.1 Å². The van der Waals surface area contributed by atoms with Crippen molar-refractivity contribution >= 4 is 56.4 Å². The largest absolute Gasteiger partial charge is 0.365 e. The molecule has 0 radical (unpaired) electrons. The second-order valence-electron chi connectivity index (χ2n) is 5.26. The molecule has 2 nitrogen and oxygen atoms in total. The van der Waals surface area contributed by atoms with Gasteiger partial charge in [0.2, 0.25) is 0 Å². The minimum Gasteiger partial charge on any atom is -0.365 e. The molecule has 6 heteroatoms. The SMILES string of the molecule is Cc1c(C(N)=O)sc(-c2ccc(Cl)cc2Cl)c1-c1ccc(Br)cc1. The molecule has 3 aromatic rings. The van der Waals surface area contributed by atoms with Gasteiger partial charge in [-0.1, -0.05) is 57.3 Å². The molecule has 2 N–H and O–H groups in total. The Morgan fingerprint density at radius 2 is 1.79 bits per heavy atom. The van der Waals surface area contributed by atoms with Crippen molar-refractivity contribution in [3.63, 3.8) is 0 Å². The third-order valence-electron chi connectivity index (χ3n) is 3.68. The zero-order valence-corrected chi connectivity index (χ0v) is 16.5. The first-order chi connectivity index (χ1) is 11.4. The fourth-order valence-corrected chi connectivity index (χ4v) is 4.62. The lowest BCUT2D eigenvalue weighted by Crippen LogP contribution is -2.10. The maximum atomic E-state index is 11.8. The molecule has 1 amide bonds. The number of benzene rings is 2. The van der Waals surface area contributed by atoms with Crippen LogP contribution in [0.2, 0.25) is 10.0 Å². The van der Waals surface area contributed by atoms with Gasteiger partial charge in [-0.05, 0) is 42.3 Å². The second kappa shape index (κ2) is 6.89. The maximum absolute atomic E-state index is 11.8. The number of rotatable bonds is 3. The average Bonchev–Trinajstić information content (AvgIpc) is 2.86. The summed E-state index contributed by atoms with van der Waals surface area (Å²) in [7, 11) is 0. The van der Waals surface area contributed by atoms with Crippen molar-refractivity contribution in [2.75, 3.05) is 0 Å². The van der Waals surface area contributed by atoms with Gasteiger partial charge in [0.05, 0.1) is 9.90 Å². The summed E-state index contributed by atoms with van der Waals surface area (Å²) in [4.78, 5) is 13.3. The first kappa shape index (κ1) is 17.5. The van der Waals surface area contributed by atoms with E-state index in [9.17, 15) is 4.79 Å². The quantitative estimate of drug-likeness (QED) is 0.492. The molecule has 2 aromatic carbocycles. The Balaban J connectivity index is 2.30. The Labute approximate surface area is 162 Å². The third-order valence-corrected chi connectivity index (χ3v) is 6.10. The van der Waals surface area contributed by atoms with Gasteiger partial charge in [-0.25, -0.2) is 0 Å². The van der Waals surface area contributed by atoms with Gasteiger partial charge in [-0.2, -0.15) is 0 Å². The Morgan fingerprint density at radius 3 is 2.38 bits per heavy atom. The molecule has 122 valence electrons. The Bertz CT molecular complexity index is 935. The van der Waals surface area contributed by atoms with Gasteiger partial charge in [-0.15, -0.1) is 11.3 Å². The van der Waals surface area contributed by atoms with E-state index >= 15 is 0 Å². The average molecular weight is 441 g/mol. The van der Waals surface area contributed by atoms with Gasteiger partial charge in [-0.3, -0.25) is 4.79 Å². The first-order valence-corrected chi connectivity index (χ1v) is 9.39. The van der Waals surface area contributed by atoms with E-state index in [2.05, 4.69) is 15.9 Å². The molecule has 24 heavy (non-hydrogen) atoms. The molecule has 0 aliphatic rings. The zero-order chi connectivity index (χ0) is 17.4. The van der Waals surface area contributed by atoms with E-state index in [-0.39, 0.29) is 0 Å². The fourth-order valence-electron chi connectivity index (χ4n) is 2.58. The van der Waals surface area contributed by atoms with E-state index in [0.29, 0.717) is 14.9 Å². The molecule has 0 saturated heterocycles. The van der Waals surface area contributed by atoms with Crippen molar-refractivity contribution in [2.45, 2.75) is 6.92 Å². The molecule has 0 saturated carbocycles. The summed E-state index contributed by atoms with van der Waals surface area (Å²) in [5, 5.41) is 1.11. The molecule has 0 aliphatic carbocycles. The molecule has 0 spiro atoms. The summed E-state index contributed by atoms with van der Waals surface area (Å²) in [5.74, 6) is -0.438. The number of hydrogen-bond donors (Lipinski definition) is 1. The smallest absolute Gasteiger partial charge is 0.259 e. The minimum absolute atomic E-state index is 0.438. The van der Waals surface area contributed by atoms with Gasteiger partial charge in [0.25, 0.3) is 5.91 Å². The number of hydrogen-bond acceptors (Lipinski definition) is 2. The number of thiophene rings is 1. The maximum Gasteiger partial charge on any atom is 0.259 e. The van der Waals surface area contributed by atoms with Crippen LogP contribution in [-0.2, 0) is 0 Å². The third kappa shape index (κ3) is 3.24. The molecule has 0 aliphatic heterocycles. The highest BCUT2D eigenvalue weighted by molar-refractivity contribution is 9.10. The second-order valence-corrected chi connectivity index (χ2v) is 8.04. The van der Waals surface area contributed by atoms with Gasteiger partial charge >= 0.3 is 0 Å². The highest BCUT2D eigenvalue weighted by Crippen LogP contribution is 2.45. The standard InChI is InChI=1S/C18H12BrCl2NOS/c1-9-15(10-2-4-11(19)5-3-10)17(24-16(9)18(22)23)13-7-6-12(20)8-14(13)21/h2-8H,1H3,(H2,22,23). The number of halogens is 3. The summed E-state index contributed by atoms with van der Waals surface area (Å²) in [5.41, 5.74) is 9.20. The molecule has 0 unspecified atom stereocenters. The van der Waals surface area contributed by atoms with Gasteiger partial charge in [0, 0.05) is 25.5 Å². The summed E-state index contributed by atoms with van der Waals surface area (Å²) >= 11 is 17.2. The van der Waals surface area contributed by atoms with Crippen molar-refractivity contribution in [1.82, 2.24) is 0 Å². The first-order valence-electron chi connectivity index (χ1n) is 7.03. The number of amides is 1. The molecule has 1 heterocycles. The van der Waals surface area contributed by atoms with Gasteiger partial charge in [0.15, 0.2) is 0 Å². The highest BCUT2D eigenvalue weighted by Gasteiger charge is 2.22. The lowest BCUT2D eigenvalue weighted by Gasteiger charge is -2.08. The molecular formula is C18H12BrCl2NOS. The van der Waals surface area contributed by atoms with Crippen molar-refractivity contribution in [3.8, 4) is 21.6 Å². The Morgan fingerprint density at radius 1 is 1.12 bits per heavy atom. The van der Waals surface area contributed by atoms with Gasteiger partial charge in [0.1, 0.15) is 0 Å². The topological polar surface area (TPSA) is 43.1 Å². The monoisotopic (exact) mass is 439 g/mol. The summed E-state index contributed by atoms with van der Waals surface area (Å²) in [6, 6.07) is 13.3. The van der Waals surface area contributed by atoms with Crippen LogP contribution in [0.25, 0.3) is 21.6 Å². The molecular weight excluding hydrogens is 429 g/mol. The Hall–Kier alpha value is -1.33. The molecule has 0 fully saturated rings. The fraction of sp³-hybridized carbons (Fsp3) is 0.0556. The number of nitrogens with two attached hydrogens (primary N) is 1. The van der Waals surface area contributed by atoms with Crippen LogP contribution in [0.5, 0.6) is 0 Å². The van der Waals surface area contributed by atoms with Crippen LogP contribution in [0.1, 0.15) is 15.2 Å². The lowest BCUT2D eigenvalue weighted by molar-refractivity contribution is 0.100. The minimum atomic E-state index is -0.438. The van der Waals surface area contributed by atoms with E-state index in [1.165, 1.54) is 11.3 Å². The molecule has 0 bridgehead atoms. The number of carbonyl (C=O) groups is 1. The summed E-state index contributed by atoms with van der Waals surface area (Å²) in [6.07, 6.45) is 0. The van der Waals surface area contributed by atoms with Crippen molar-refractivity contribution < 1.29 is 4.79 Å². The Kier molecular flexibility index (Phi) is 5.02. The molecule has 0 atom stereocenters. The van der Waals surface area contributed by atoms with E-state index < -0.39 is 5.91 Å². The van der Waals surface area contributed by atoms with E-state index in [1.807, 2.05) is 37.3 Å². The van der Waals surface area contributed by atoms with Crippen LogP contribution in [0.3, 0.4) is 0 Å². The van der Waals surface area contributed by atoms with Crippen molar-refractivity contribution in [2.24, 2.45) is 5.73 Å². The zero-order valence-electron chi connectivity index (χ0n) is 12.6. The van der Waals surface area contributed by atoms with Gasteiger partial charge < -0.3 is 5.73 Å². The van der Waals surface area contributed by atoms with Crippen LogP contribution in [0.15, 0.2) is 46.9 Å². The van der Waals surface area contributed by atoms with E-state index in [0.717, 1.165) is 31.6 Å². The summed E-state index contributed by atoms with van der Waals surface area (Å²) < 4.78 is 0.986. The lowest BCUT2D eigenvalue weighted by atomic mass is 9.98. The summed E-state index contributed by atoms with van der Waals surface area (Å²) in [6.45, 7) is 1.90. The van der Waals surface area contributed by atoms with Crippen LogP contribution in [0, 0.1) is 6.92 Å². The predicted octanol–water partition coefficient (Wildman–Crippen LogP) is 6.56. The molecule has 1 aromatic heterocycles. The van der Waals surface area contributed by atoms with Crippen LogP contribution < -0.4 is 5.73 Å². The van der Waals surface area contributed by atoms with Crippen molar-refractivity contribution in [1.29, 1.82) is 0 Å². The number of primary amides is 1.